The molecule has 0 aromatic carbocycles. The quantitative estimate of drug-likeness (QED) is 0.316. The van der Waals surface area contributed by atoms with E-state index in [4.69, 9.17) is 10.5 Å². The maximum Gasteiger partial charge on any atom is 0.232 e. The smallest absolute Gasteiger partial charge is 0.232 e. The van der Waals surface area contributed by atoms with Gasteiger partial charge in [0.2, 0.25) is 22.1 Å². The Kier molecular flexibility index (Phi) is 8.39. The van der Waals surface area contributed by atoms with E-state index >= 15 is 0 Å². The molecule has 2 amide bonds. The Morgan fingerprint density at radius 2 is 1.27 bits per heavy atom. The van der Waals surface area contributed by atoms with Gasteiger partial charge in [-0.05, 0) is 43.5 Å². The maximum absolute atomic E-state index is 12.5. The molecule has 4 aromatic rings. The van der Waals surface area contributed by atoms with Gasteiger partial charge in [-0.2, -0.15) is 10.5 Å². The molecule has 4 heterocycles. The van der Waals surface area contributed by atoms with Gasteiger partial charge < -0.3 is 10.6 Å². The van der Waals surface area contributed by atoms with Gasteiger partial charge in [0.25, 0.3) is 0 Å². The molecule has 1 saturated carbocycles. The summed E-state index contributed by atoms with van der Waals surface area (Å²) in [6.07, 6.45) is 6.81. The fraction of sp³-hybridized carbons (Fsp3) is 0.308. The largest absolute Gasteiger partial charge is 0.300 e. The van der Waals surface area contributed by atoms with Crippen molar-refractivity contribution in [2.75, 3.05) is 10.6 Å². The Morgan fingerprint density at radius 3 is 1.73 bits per heavy atom. The molecule has 0 saturated heterocycles. The summed E-state index contributed by atoms with van der Waals surface area (Å²) in [6.45, 7) is 0. The molecule has 2 N–H and O–H groups in total. The maximum atomic E-state index is 12.5. The van der Waals surface area contributed by atoms with Gasteiger partial charge in [-0.1, -0.05) is 29.1 Å². The first-order chi connectivity index (χ1) is 19.5. The average molecular weight is 571 g/mol. The van der Waals surface area contributed by atoms with Gasteiger partial charge >= 0.3 is 0 Å². The highest BCUT2D eigenvalue weighted by atomic mass is 32.1. The molecule has 2 atom stereocenters. The molecule has 0 aliphatic heterocycles. The van der Waals surface area contributed by atoms with Crippen LogP contribution in [0.3, 0.4) is 0 Å². The second kappa shape index (κ2) is 12.5. The summed E-state index contributed by atoms with van der Waals surface area (Å²) in [4.78, 5) is 33.2. The molecule has 0 unspecified atom stereocenters. The number of nitrogens with zero attached hydrogens (tertiary/aromatic N) is 8. The summed E-state index contributed by atoms with van der Waals surface area (Å²) in [5, 5.41) is 43.1. The monoisotopic (exact) mass is 570 g/mol. The van der Waals surface area contributed by atoms with E-state index in [9.17, 15) is 9.59 Å². The lowest BCUT2D eigenvalue weighted by atomic mass is 9.82. The number of anilines is 2. The third kappa shape index (κ3) is 6.85. The van der Waals surface area contributed by atoms with Crippen molar-refractivity contribution in [1.82, 2.24) is 30.4 Å². The molecule has 4 aromatic heterocycles. The Bertz CT molecular complexity index is 1500. The summed E-state index contributed by atoms with van der Waals surface area (Å²) in [6, 6.07) is 10.4. The molecule has 1 aliphatic carbocycles. The number of nitriles is 2. The predicted octanol–water partition coefficient (Wildman–Crippen LogP) is 3.73. The number of hydrogen-bond donors (Lipinski definition) is 2. The second-order valence-corrected chi connectivity index (χ2v) is 11.2. The first-order valence-corrected chi connectivity index (χ1v) is 14.1. The van der Waals surface area contributed by atoms with E-state index in [0.717, 1.165) is 35.7 Å². The van der Waals surface area contributed by atoms with Gasteiger partial charge in [0.1, 0.15) is 10.0 Å². The van der Waals surface area contributed by atoms with E-state index < -0.39 is 0 Å². The van der Waals surface area contributed by atoms with Crippen LogP contribution in [0.4, 0.5) is 10.3 Å². The van der Waals surface area contributed by atoms with Crippen molar-refractivity contribution in [2.24, 2.45) is 0 Å². The highest BCUT2D eigenvalue weighted by Crippen LogP contribution is 2.43. The van der Waals surface area contributed by atoms with Crippen molar-refractivity contribution in [3.8, 4) is 12.1 Å². The molecule has 5 rings (SSSR count). The summed E-state index contributed by atoms with van der Waals surface area (Å²) in [7, 11) is 0. The zero-order valence-electron chi connectivity index (χ0n) is 21.1. The van der Waals surface area contributed by atoms with Gasteiger partial charge in [0, 0.05) is 24.2 Å². The molecular weight excluding hydrogens is 548 g/mol. The highest BCUT2D eigenvalue weighted by Gasteiger charge is 2.29. The molecule has 0 bridgehead atoms. The van der Waals surface area contributed by atoms with Crippen LogP contribution in [0.15, 0.2) is 36.7 Å². The van der Waals surface area contributed by atoms with Crippen LogP contribution < -0.4 is 10.6 Å². The van der Waals surface area contributed by atoms with Crippen molar-refractivity contribution in [3.63, 3.8) is 0 Å². The van der Waals surface area contributed by atoms with E-state index in [0.29, 0.717) is 32.8 Å². The summed E-state index contributed by atoms with van der Waals surface area (Å²) in [5.41, 5.74) is 1.92. The lowest BCUT2D eigenvalue weighted by Crippen LogP contribution is -2.15. The van der Waals surface area contributed by atoms with Crippen molar-refractivity contribution in [1.29, 1.82) is 10.5 Å². The Balaban J connectivity index is 1.15. The van der Waals surface area contributed by atoms with E-state index in [1.807, 2.05) is 12.1 Å². The lowest BCUT2D eigenvalue weighted by Gasteiger charge is -2.25. The van der Waals surface area contributed by atoms with Crippen LogP contribution in [0, 0.1) is 22.7 Å². The Hall–Kier alpha value is -4.66. The van der Waals surface area contributed by atoms with Crippen molar-refractivity contribution in [3.05, 3.63) is 69.2 Å². The highest BCUT2D eigenvalue weighted by molar-refractivity contribution is 7.15. The zero-order valence-corrected chi connectivity index (χ0v) is 22.7. The number of nitrogens with one attached hydrogen (secondary N) is 2. The van der Waals surface area contributed by atoms with Crippen LogP contribution in [-0.2, 0) is 22.4 Å². The summed E-state index contributed by atoms with van der Waals surface area (Å²) >= 11 is 2.72. The number of aromatic nitrogens is 6. The molecule has 1 fully saturated rings. The summed E-state index contributed by atoms with van der Waals surface area (Å²) in [5.74, 6) is -0.194. The fourth-order valence-corrected chi connectivity index (χ4v) is 6.30. The van der Waals surface area contributed by atoms with Gasteiger partial charge in [-0.3, -0.25) is 19.6 Å². The van der Waals surface area contributed by atoms with E-state index in [2.05, 4.69) is 41.0 Å². The van der Waals surface area contributed by atoms with Gasteiger partial charge in [0.15, 0.2) is 0 Å². The molecule has 0 spiro atoms. The minimum absolute atomic E-state index is 0.0363. The van der Waals surface area contributed by atoms with Crippen LogP contribution in [0.2, 0.25) is 0 Å². The molecule has 1 aliphatic rings. The number of amides is 2. The molecule has 12 nitrogen and oxygen atoms in total. The topological polar surface area (TPSA) is 183 Å². The first-order valence-electron chi connectivity index (χ1n) is 12.5. The number of hydrogen-bond acceptors (Lipinski definition) is 12. The van der Waals surface area contributed by atoms with Gasteiger partial charge in [-0.15, -0.1) is 20.4 Å². The van der Waals surface area contributed by atoms with Crippen molar-refractivity contribution in [2.45, 2.75) is 50.4 Å². The van der Waals surface area contributed by atoms with E-state index in [1.165, 1.54) is 35.1 Å². The second-order valence-electron chi connectivity index (χ2n) is 9.20. The van der Waals surface area contributed by atoms with Gasteiger partial charge in [-0.25, -0.2) is 0 Å². The predicted molar refractivity (Wildman–Crippen MR) is 146 cm³/mol. The minimum Gasteiger partial charge on any atom is -0.300 e. The van der Waals surface area contributed by atoms with Crippen LogP contribution in [-0.4, -0.2) is 42.2 Å². The van der Waals surface area contributed by atoms with Gasteiger partial charge in [0.05, 0.1) is 47.5 Å². The van der Waals surface area contributed by atoms with Crippen molar-refractivity contribution < 1.29 is 9.59 Å². The third-order valence-electron chi connectivity index (χ3n) is 6.32. The summed E-state index contributed by atoms with van der Waals surface area (Å²) < 4.78 is 0. The number of carbonyl (C=O) groups is 2. The average Bonchev–Trinajstić information content (AvgIpc) is 3.63. The number of carbonyl (C=O) groups excluding carboxylic acids is 2. The van der Waals surface area contributed by atoms with Crippen LogP contribution in [0.1, 0.15) is 70.0 Å². The Labute approximate surface area is 237 Å². The minimum atomic E-state index is -0.274. The van der Waals surface area contributed by atoms with Crippen LogP contribution in [0.5, 0.6) is 0 Å². The number of pyridine rings is 2. The van der Waals surface area contributed by atoms with E-state index in [1.54, 1.807) is 24.3 Å². The molecular formula is C26H22N10O2S2. The Morgan fingerprint density at radius 1 is 0.800 bits per heavy atom. The molecule has 200 valence electrons. The third-order valence-corrected chi connectivity index (χ3v) is 8.32. The normalized spacial score (nSPS) is 16.4. The molecule has 14 heteroatoms. The molecule has 0 radical (unpaired) electrons. The standard InChI is InChI=1S/C26H22N10O2S2/c27-13-15-4-6-29-19(8-15)11-21(37)31-25-35-33-23(39-25)17-2-1-3-18(10-17)24-34-36-26(40-24)32-22(38)12-20-9-16(14-28)5-7-30-20/h4-9,17-18H,1-3,10-12H2,(H,31,35,37)(H,32,36,38)/t17-,18-/m0/s1. The van der Waals surface area contributed by atoms with Crippen LogP contribution in [0.25, 0.3) is 0 Å². The van der Waals surface area contributed by atoms with Crippen LogP contribution >= 0.6 is 22.7 Å². The lowest BCUT2D eigenvalue weighted by molar-refractivity contribution is -0.116. The van der Waals surface area contributed by atoms with Crippen molar-refractivity contribution >= 4 is 44.8 Å². The fourth-order valence-electron chi connectivity index (χ4n) is 4.48. The zero-order chi connectivity index (χ0) is 27.9. The number of rotatable bonds is 8. The first kappa shape index (κ1) is 26.9. The van der Waals surface area contributed by atoms with E-state index in [-0.39, 0.29) is 36.5 Å². The molecule has 40 heavy (non-hydrogen) atoms. The SMILES string of the molecule is N#Cc1ccnc(CC(=O)Nc2nnc([C@H]3CCC[C@H](c4nnc(NC(=O)Cc5cc(C#N)ccn5)s4)C3)s2)c1.